The quantitative estimate of drug-likeness (QED) is 0.760. The van der Waals surface area contributed by atoms with E-state index in [0.717, 1.165) is 12.0 Å². The third-order valence-electron chi connectivity index (χ3n) is 5.32. The minimum atomic E-state index is -0.277. The monoisotopic (exact) mass is 427 g/mol. The summed E-state index contributed by atoms with van der Waals surface area (Å²) in [6, 6.07) is 12.2. The topological polar surface area (TPSA) is 69.7 Å². The van der Waals surface area contributed by atoms with Gasteiger partial charge in [-0.05, 0) is 56.2 Å². The number of halogens is 1. The second-order valence-electron chi connectivity index (χ2n) is 7.70. The second kappa shape index (κ2) is 9.30. The van der Waals surface area contributed by atoms with Gasteiger partial charge >= 0.3 is 0 Å². The third-order valence-corrected chi connectivity index (χ3v) is 5.55. The Morgan fingerprint density at radius 3 is 2.47 bits per heavy atom. The third kappa shape index (κ3) is 4.82. The van der Waals surface area contributed by atoms with Crippen LogP contribution in [0.3, 0.4) is 0 Å². The molecule has 158 valence electrons. The smallest absolute Gasteiger partial charge is 0.253 e. The Morgan fingerprint density at radius 2 is 1.87 bits per heavy atom. The van der Waals surface area contributed by atoms with Crippen molar-refractivity contribution in [3.05, 3.63) is 64.2 Å². The van der Waals surface area contributed by atoms with Gasteiger partial charge in [-0.25, -0.2) is 0 Å². The molecule has 0 saturated carbocycles. The van der Waals surface area contributed by atoms with Crippen LogP contribution in [0.5, 0.6) is 0 Å². The molecule has 3 rings (SSSR count). The first-order chi connectivity index (χ1) is 14.3. The van der Waals surface area contributed by atoms with Crippen LogP contribution in [0, 0.1) is 0 Å². The van der Waals surface area contributed by atoms with Gasteiger partial charge in [-0.1, -0.05) is 23.7 Å². The van der Waals surface area contributed by atoms with Crippen molar-refractivity contribution in [3.8, 4) is 0 Å². The molecule has 1 fully saturated rings. The molecule has 0 radical (unpaired) electrons. The Bertz CT molecular complexity index is 957. The zero-order valence-electron chi connectivity index (χ0n) is 17.4. The maximum atomic E-state index is 12.8. The molecule has 6 nitrogen and oxygen atoms in total. The SMILES string of the molecule is CC(C)N(C)C(=O)c1ccc(CNC(=O)c2ccc(Cl)cc2N2CCCC2=O)cc1. The van der Waals surface area contributed by atoms with Crippen molar-refractivity contribution in [2.45, 2.75) is 39.3 Å². The van der Waals surface area contributed by atoms with Crippen molar-refractivity contribution in [2.75, 3.05) is 18.5 Å². The van der Waals surface area contributed by atoms with E-state index >= 15 is 0 Å². The Kier molecular flexibility index (Phi) is 6.77. The van der Waals surface area contributed by atoms with Crippen LogP contribution in [0.2, 0.25) is 5.02 Å². The fourth-order valence-corrected chi connectivity index (χ4v) is 3.47. The number of nitrogens with one attached hydrogen (secondary N) is 1. The van der Waals surface area contributed by atoms with Gasteiger partial charge in [0.05, 0.1) is 11.3 Å². The molecule has 1 saturated heterocycles. The molecule has 0 unspecified atom stereocenters. The van der Waals surface area contributed by atoms with Crippen molar-refractivity contribution < 1.29 is 14.4 Å². The first-order valence-corrected chi connectivity index (χ1v) is 10.4. The minimum absolute atomic E-state index is 0.00191. The molecule has 1 N–H and O–H groups in total. The lowest BCUT2D eigenvalue weighted by Gasteiger charge is -2.21. The summed E-state index contributed by atoms with van der Waals surface area (Å²) in [5.74, 6) is -0.319. The lowest BCUT2D eigenvalue weighted by atomic mass is 10.1. The first-order valence-electron chi connectivity index (χ1n) is 10.0. The summed E-state index contributed by atoms with van der Waals surface area (Å²) in [7, 11) is 1.77. The number of carbonyl (C=O) groups excluding carboxylic acids is 3. The lowest BCUT2D eigenvalue weighted by Crippen LogP contribution is -2.33. The number of nitrogens with zero attached hydrogens (tertiary/aromatic N) is 2. The van der Waals surface area contributed by atoms with Gasteiger partial charge < -0.3 is 15.1 Å². The Morgan fingerprint density at radius 1 is 1.17 bits per heavy atom. The van der Waals surface area contributed by atoms with Gasteiger partial charge in [0.1, 0.15) is 0 Å². The number of carbonyl (C=O) groups is 3. The summed E-state index contributed by atoms with van der Waals surface area (Å²) in [4.78, 5) is 40.6. The fourth-order valence-electron chi connectivity index (χ4n) is 3.30. The predicted octanol–water partition coefficient (Wildman–Crippen LogP) is 3.88. The molecule has 2 aromatic carbocycles. The molecule has 7 heteroatoms. The van der Waals surface area contributed by atoms with Crippen LogP contribution >= 0.6 is 11.6 Å². The molecule has 2 aromatic rings. The van der Waals surface area contributed by atoms with Crippen LogP contribution in [0.1, 0.15) is 53.0 Å². The van der Waals surface area contributed by atoms with Crippen molar-refractivity contribution >= 4 is 35.0 Å². The molecular formula is C23H26ClN3O3. The highest BCUT2D eigenvalue weighted by molar-refractivity contribution is 6.31. The van der Waals surface area contributed by atoms with E-state index in [-0.39, 0.29) is 23.8 Å². The van der Waals surface area contributed by atoms with Crippen LogP contribution < -0.4 is 10.2 Å². The number of hydrogen-bond acceptors (Lipinski definition) is 3. The maximum absolute atomic E-state index is 12.8. The molecule has 0 aromatic heterocycles. The normalized spacial score (nSPS) is 13.6. The van der Waals surface area contributed by atoms with Crippen LogP contribution in [-0.4, -0.2) is 42.3 Å². The average Bonchev–Trinajstić information content (AvgIpc) is 3.16. The van der Waals surface area contributed by atoms with Gasteiger partial charge in [-0.3, -0.25) is 14.4 Å². The van der Waals surface area contributed by atoms with E-state index in [0.29, 0.717) is 41.3 Å². The number of rotatable bonds is 6. The largest absolute Gasteiger partial charge is 0.348 e. The molecule has 30 heavy (non-hydrogen) atoms. The van der Waals surface area contributed by atoms with Crippen molar-refractivity contribution in [1.82, 2.24) is 10.2 Å². The highest BCUT2D eigenvalue weighted by atomic mass is 35.5. The van der Waals surface area contributed by atoms with Gasteiger partial charge in [0.25, 0.3) is 11.8 Å². The summed E-state index contributed by atoms with van der Waals surface area (Å²) in [6.45, 7) is 4.81. The van der Waals surface area contributed by atoms with Crippen LogP contribution in [0.4, 0.5) is 5.69 Å². The summed E-state index contributed by atoms with van der Waals surface area (Å²) in [5, 5.41) is 3.37. The fraction of sp³-hybridized carbons (Fsp3) is 0.348. The van der Waals surface area contributed by atoms with E-state index < -0.39 is 0 Å². The van der Waals surface area contributed by atoms with Crippen molar-refractivity contribution in [1.29, 1.82) is 0 Å². The Hall–Kier alpha value is -2.86. The molecule has 0 spiro atoms. The molecule has 3 amide bonds. The van der Waals surface area contributed by atoms with Gasteiger partial charge in [-0.15, -0.1) is 0 Å². The molecule has 0 bridgehead atoms. The first kappa shape index (κ1) is 21.8. The van der Waals surface area contributed by atoms with E-state index in [2.05, 4.69) is 5.32 Å². The molecule has 1 aliphatic heterocycles. The summed E-state index contributed by atoms with van der Waals surface area (Å²) < 4.78 is 0. The van der Waals surface area contributed by atoms with Gasteiger partial charge in [0.2, 0.25) is 5.91 Å². The number of benzene rings is 2. The van der Waals surface area contributed by atoms with E-state index in [1.165, 1.54) is 0 Å². The summed E-state index contributed by atoms with van der Waals surface area (Å²) in [6.07, 6.45) is 1.24. The van der Waals surface area contributed by atoms with Crippen molar-refractivity contribution in [3.63, 3.8) is 0 Å². The summed E-state index contributed by atoms with van der Waals surface area (Å²) in [5.41, 5.74) is 2.44. The van der Waals surface area contributed by atoms with Crippen LogP contribution in [0.25, 0.3) is 0 Å². The zero-order valence-corrected chi connectivity index (χ0v) is 18.2. The van der Waals surface area contributed by atoms with E-state index in [4.69, 9.17) is 11.6 Å². The number of anilines is 1. The van der Waals surface area contributed by atoms with E-state index in [1.807, 2.05) is 26.0 Å². The molecule has 0 aliphatic carbocycles. The van der Waals surface area contributed by atoms with Crippen LogP contribution in [0.15, 0.2) is 42.5 Å². The highest BCUT2D eigenvalue weighted by Crippen LogP contribution is 2.28. The average molecular weight is 428 g/mol. The number of amides is 3. The Labute approximate surface area is 181 Å². The zero-order chi connectivity index (χ0) is 21.8. The minimum Gasteiger partial charge on any atom is -0.348 e. The van der Waals surface area contributed by atoms with Gasteiger partial charge in [-0.2, -0.15) is 0 Å². The maximum Gasteiger partial charge on any atom is 0.253 e. The molecule has 1 heterocycles. The summed E-state index contributed by atoms with van der Waals surface area (Å²) >= 11 is 6.10. The molecule has 0 atom stereocenters. The van der Waals surface area contributed by atoms with Gasteiger partial charge in [0, 0.05) is 43.2 Å². The standard InChI is InChI=1S/C23H26ClN3O3/c1-15(2)26(3)23(30)17-8-6-16(7-9-17)14-25-22(29)19-11-10-18(24)13-20(19)27-12-4-5-21(27)28/h6-11,13,15H,4-5,12,14H2,1-3H3,(H,25,29). The van der Waals surface area contributed by atoms with E-state index in [9.17, 15) is 14.4 Å². The molecule has 1 aliphatic rings. The molecular weight excluding hydrogens is 402 g/mol. The van der Waals surface area contributed by atoms with Gasteiger partial charge in [0.15, 0.2) is 0 Å². The predicted molar refractivity (Wildman–Crippen MR) is 118 cm³/mol. The second-order valence-corrected chi connectivity index (χ2v) is 8.14. The van der Waals surface area contributed by atoms with Crippen molar-refractivity contribution in [2.24, 2.45) is 0 Å². The Balaban J connectivity index is 1.69. The lowest BCUT2D eigenvalue weighted by molar-refractivity contribution is -0.117. The highest BCUT2D eigenvalue weighted by Gasteiger charge is 2.26. The number of hydrogen-bond donors (Lipinski definition) is 1. The van der Waals surface area contributed by atoms with Crippen LogP contribution in [-0.2, 0) is 11.3 Å². The van der Waals surface area contributed by atoms with E-state index in [1.54, 1.807) is 47.2 Å².